The summed E-state index contributed by atoms with van der Waals surface area (Å²) >= 11 is 6.50. The van der Waals surface area contributed by atoms with Crippen LogP contribution >= 0.6 is 11.6 Å². The van der Waals surface area contributed by atoms with Crippen LogP contribution in [0.25, 0.3) is 16.6 Å². The molecule has 1 unspecified atom stereocenters. The maximum atomic E-state index is 14.2. The molecule has 0 spiro atoms. The summed E-state index contributed by atoms with van der Waals surface area (Å²) in [7, 11) is 0. The number of aromatic nitrogens is 4. The number of carbonyl (C=O) groups excluding carboxylic acids is 1. The molecule has 0 fully saturated rings. The Labute approximate surface area is 257 Å². The topological polar surface area (TPSA) is 173 Å². The zero-order valence-corrected chi connectivity index (χ0v) is 24.4. The first-order valence-electron chi connectivity index (χ1n) is 13.6. The molecule has 2 aromatic heterocycles. The van der Waals surface area contributed by atoms with Crippen LogP contribution in [0, 0.1) is 11.3 Å². The molecule has 13 heteroatoms. The van der Waals surface area contributed by atoms with Gasteiger partial charge in [-0.15, -0.1) is 0 Å². The molecule has 0 aliphatic heterocycles. The van der Waals surface area contributed by atoms with Gasteiger partial charge in [-0.05, 0) is 42.8 Å². The molecule has 12 nitrogen and oxygen atoms in total. The van der Waals surface area contributed by atoms with E-state index in [2.05, 4.69) is 25.9 Å². The van der Waals surface area contributed by atoms with Gasteiger partial charge in [0.2, 0.25) is 0 Å². The highest BCUT2D eigenvalue weighted by molar-refractivity contribution is 6.35. The van der Waals surface area contributed by atoms with Gasteiger partial charge in [-0.2, -0.15) is 5.26 Å². The molecular formula is C31H28ClN9O3. The number of nitrogen functional groups attached to an aromatic ring is 1. The molecule has 2 heterocycles. The van der Waals surface area contributed by atoms with Crippen molar-refractivity contribution in [2.24, 2.45) is 0 Å². The van der Waals surface area contributed by atoms with Crippen LogP contribution in [-0.2, 0) is 11.3 Å². The fourth-order valence-corrected chi connectivity index (χ4v) is 4.83. The maximum Gasteiger partial charge on any atom is 0.319 e. The van der Waals surface area contributed by atoms with Crippen LogP contribution in [-0.4, -0.2) is 38.7 Å². The number of urea groups is 1. The molecule has 5 N–H and O–H groups in total. The third-order valence-corrected chi connectivity index (χ3v) is 6.89. The first-order chi connectivity index (χ1) is 21.4. The molecule has 0 radical (unpaired) electrons. The molecular weight excluding hydrogens is 582 g/mol. The SMILES string of the molecule is CCNC(=O)Nc1cccc(-n2c(C(COCc3ccccc3)Nc3ncnc(N)c3C#N)nc3cccc(Cl)c3c2=O)c1. The highest BCUT2D eigenvalue weighted by atomic mass is 35.5. The predicted molar refractivity (Wildman–Crippen MR) is 169 cm³/mol. The number of nitrogens with two attached hydrogens (primary N) is 1. The Balaban J connectivity index is 1.67. The monoisotopic (exact) mass is 609 g/mol. The van der Waals surface area contributed by atoms with E-state index >= 15 is 0 Å². The van der Waals surface area contributed by atoms with Crippen LogP contribution in [0.5, 0.6) is 0 Å². The van der Waals surface area contributed by atoms with Gasteiger partial charge < -0.3 is 26.4 Å². The van der Waals surface area contributed by atoms with E-state index in [1.807, 2.05) is 43.3 Å². The van der Waals surface area contributed by atoms with Gasteiger partial charge in [0.15, 0.2) is 0 Å². The number of nitrogens with zero attached hydrogens (tertiary/aromatic N) is 5. The van der Waals surface area contributed by atoms with Gasteiger partial charge in [0.1, 0.15) is 41.5 Å². The second kappa shape index (κ2) is 13.6. The number of anilines is 3. The average Bonchev–Trinajstić information content (AvgIpc) is 3.01. The third-order valence-electron chi connectivity index (χ3n) is 6.58. The van der Waals surface area contributed by atoms with Gasteiger partial charge in [0.05, 0.1) is 34.8 Å². The molecule has 3 aromatic carbocycles. The normalized spacial score (nSPS) is 11.5. The molecule has 222 valence electrons. The quantitative estimate of drug-likeness (QED) is 0.173. The second-order valence-corrected chi connectivity index (χ2v) is 9.98. The summed E-state index contributed by atoms with van der Waals surface area (Å²) in [6.45, 7) is 2.53. The van der Waals surface area contributed by atoms with Crippen molar-refractivity contribution in [1.29, 1.82) is 5.26 Å². The van der Waals surface area contributed by atoms with Crippen molar-refractivity contribution < 1.29 is 9.53 Å². The molecule has 0 aliphatic rings. The van der Waals surface area contributed by atoms with Crippen molar-refractivity contribution in [3.05, 3.63) is 111 Å². The lowest BCUT2D eigenvalue weighted by molar-refractivity contribution is 0.110. The highest BCUT2D eigenvalue weighted by Crippen LogP contribution is 2.27. The summed E-state index contributed by atoms with van der Waals surface area (Å²) in [5, 5.41) is 18.9. The Hall–Kier alpha value is -5.51. The molecule has 0 saturated heterocycles. The number of fused-ring (bicyclic) bond motifs is 1. The van der Waals surface area contributed by atoms with Gasteiger partial charge in [0, 0.05) is 12.2 Å². The molecule has 2 amide bonds. The van der Waals surface area contributed by atoms with Crippen LogP contribution in [0.3, 0.4) is 0 Å². The molecule has 0 saturated carbocycles. The molecule has 44 heavy (non-hydrogen) atoms. The van der Waals surface area contributed by atoms with Crippen molar-refractivity contribution in [2.75, 3.05) is 29.5 Å². The number of carbonyl (C=O) groups is 1. The minimum Gasteiger partial charge on any atom is -0.382 e. The molecule has 5 rings (SSSR count). The van der Waals surface area contributed by atoms with E-state index in [-0.39, 0.29) is 46.6 Å². The van der Waals surface area contributed by atoms with Gasteiger partial charge in [-0.1, -0.05) is 54.1 Å². The van der Waals surface area contributed by atoms with Gasteiger partial charge >= 0.3 is 6.03 Å². The van der Waals surface area contributed by atoms with Crippen molar-refractivity contribution in [3.8, 4) is 11.8 Å². The Kier molecular flexibility index (Phi) is 9.29. The summed E-state index contributed by atoms with van der Waals surface area (Å²) in [6, 6.07) is 22.2. The molecule has 0 bridgehead atoms. The zero-order valence-electron chi connectivity index (χ0n) is 23.6. The van der Waals surface area contributed by atoms with E-state index in [1.54, 1.807) is 42.5 Å². The minimum atomic E-state index is -0.823. The number of amides is 2. The number of hydrogen-bond acceptors (Lipinski definition) is 9. The highest BCUT2D eigenvalue weighted by Gasteiger charge is 2.25. The van der Waals surface area contributed by atoms with Crippen molar-refractivity contribution in [3.63, 3.8) is 0 Å². The summed E-state index contributed by atoms with van der Waals surface area (Å²) in [6.07, 6.45) is 1.23. The maximum absolute atomic E-state index is 14.2. The molecule has 5 aromatic rings. The number of halogens is 1. The summed E-state index contributed by atoms with van der Waals surface area (Å²) < 4.78 is 7.52. The molecule has 1 atom stereocenters. The first-order valence-corrected chi connectivity index (χ1v) is 14.0. The first kappa shape index (κ1) is 30.0. The largest absolute Gasteiger partial charge is 0.382 e. The van der Waals surface area contributed by atoms with Crippen molar-refractivity contribution in [2.45, 2.75) is 19.6 Å². The van der Waals surface area contributed by atoms with Crippen LogP contribution in [0.15, 0.2) is 83.9 Å². The van der Waals surface area contributed by atoms with E-state index in [9.17, 15) is 14.9 Å². The van der Waals surface area contributed by atoms with Gasteiger partial charge in [-0.25, -0.2) is 19.7 Å². The lowest BCUT2D eigenvalue weighted by Crippen LogP contribution is -2.31. The van der Waals surface area contributed by atoms with Crippen LogP contribution in [0.2, 0.25) is 5.02 Å². The summed E-state index contributed by atoms with van der Waals surface area (Å²) in [5.74, 6) is 0.384. The van der Waals surface area contributed by atoms with Crippen molar-refractivity contribution in [1.82, 2.24) is 24.8 Å². The van der Waals surface area contributed by atoms with E-state index in [0.717, 1.165) is 5.56 Å². The fourth-order valence-electron chi connectivity index (χ4n) is 4.58. The summed E-state index contributed by atoms with van der Waals surface area (Å²) in [5.41, 5.74) is 7.72. The van der Waals surface area contributed by atoms with E-state index in [4.69, 9.17) is 27.1 Å². The van der Waals surface area contributed by atoms with E-state index in [0.29, 0.717) is 23.4 Å². The van der Waals surface area contributed by atoms with Gasteiger partial charge in [-0.3, -0.25) is 9.36 Å². The fraction of sp³-hybridized carbons (Fsp3) is 0.161. The second-order valence-electron chi connectivity index (χ2n) is 9.57. The number of benzene rings is 3. The smallest absolute Gasteiger partial charge is 0.319 e. The standard InChI is InChI=1S/C31H28ClN9O3/c1-2-35-31(43)38-20-10-6-11-21(14-20)41-29(40-24-13-7-12-23(32)26(24)30(41)42)25(17-44-16-19-8-4-3-5-9-19)39-28-22(15-33)27(34)36-18-37-28/h3-14,18,25H,2,16-17H2,1H3,(H2,35,38,43)(H3,34,36,37,39). The number of nitriles is 1. The van der Waals surface area contributed by atoms with E-state index in [1.165, 1.54) is 10.9 Å². The Morgan fingerprint density at radius 3 is 2.68 bits per heavy atom. The number of rotatable bonds is 10. The Morgan fingerprint density at radius 2 is 1.91 bits per heavy atom. The third kappa shape index (κ3) is 6.59. The minimum absolute atomic E-state index is 0.00581. The lowest BCUT2D eigenvalue weighted by Gasteiger charge is -2.24. The van der Waals surface area contributed by atoms with E-state index < -0.39 is 17.6 Å². The Morgan fingerprint density at radius 1 is 1.11 bits per heavy atom. The van der Waals surface area contributed by atoms with Crippen LogP contribution < -0.4 is 27.2 Å². The van der Waals surface area contributed by atoms with Crippen molar-refractivity contribution >= 4 is 45.9 Å². The average molecular weight is 610 g/mol. The zero-order chi connectivity index (χ0) is 31.1. The number of nitrogens with one attached hydrogen (secondary N) is 3. The van der Waals surface area contributed by atoms with Crippen LogP contribution in [0.1, 0.15) is 29.9 Å². The number of ether oxygens (including phenoxy) is 1. The van der Waals surface area contributed by atoms with Gasteiger partial charge in [0.25, 0.3) is 5.56 Å². The number of hydrogen-bond donors (Lipinski definition) is 4. The Bertz CT molecular complexity index is 1910. The molecule has 0 aliphatic carbocycles. The van der Waals surface area contributed by atoms with Crippen LogP contribution in [0.4, 0.5) is 22.1 Å². The lowest BCUT2D eigenvalue weighted by atomic mass is 10.1. The predicted octanol–water partition coefficient (Wildman–Crippen LogP) is 4.79. The summed E-state index contributed by atoms with van der Waals surface area (Å²) in [4.78, 5) is 39.5.